The van der Waals surface area contributed by atoms with Crippen LogP contribution in [0.15, 0.2) is 12.1 Å². The number of amides is 1. The maximum atomic E-state index is 14.2. The van der Waals surface area contributed by atoms with Crippen LogP contribution in [0.1, 0.15) is 36.8 Å². The molecule has 0 aromatic heterocycles. The summed E-state index contributed by atoms with van der Waals surface area (Å²) >= 11 is 0. The van der Waals surface area contributed by atoms with E-state index in [1.807, 2.05) is 6.92 Å². The lowest BCUT2D eigenvalue weighted by atomic mass is 9.85. The fourth-order valence-electron chi connectivity index (χ4n) is 2.73. The van der Waals surface area contributed by atoms with E-state index >= 15 is 0 Å². The van der Waals surface area contributed by atoms with E-state index in [1.54, 1.807) is 6.92 Å². The van der Waals surface area contributed by atoms with Crippen LogP contribution in [-0.2, 0) is 4.79 Å². The lowest BCUT2D eigenvalue weighted by molar-refractivity contribution is -0.123. The van der Waals surface area contributed by atoms with Gasteiger partial charge in [0.15, 0.2) is 0 Å². The Morgan fingerprint density at radius 3 is 2.90 bits per heavy atom. The Labute approximate surface area is 117 Å². The molecule has 0 aliphatic carbocycles. The molecule has 1 fully saturated rings. The number of hydrogen-bond donors (Lipinski definition) is 2. The monoisotopic (exact) mass is 282 g/mol. The molecule has 1 amide bonds. The SMILES string of the molecule is CCNC(=O)C1CC(c2c(F)ccc(C)c2F)CCN1. The molecular formula is C15H20F2N2O. The number of halogens is 2. The van der Waals surface area contributed by atoms with Gasteiger partial charge in [-0.1, -0.05) is 6.07 Å². The lowest BCUT2D eigenvalue weighted by Crippen LogP contribution is -2.48. The minimum absolute atomic E-state index is 0.106. The van der Waals surface area contributed by atoms with Crippen LogP contribution in [0.3, 0.4) is 0 Å². The number of carbonyl (C=O) groups excluding carboxylic acids is 1. The predicted octanol–water partition coefficient (Wildman–Crippen LogP) is 2.24. The van der Waals surface area contributed by atoms with Crippen molar-refractivity contribution in [1.29, 1.82) is 0 Å². The molecule has 20 heavy (non-hydrogen) atoms. The number of rotatable bonds is 3. The quantitative estimate of drug-likeness (QED) is 0.892. The zero-order valence-corrected chi connectivity index (χ0v) is 11.8. The highest BCUT2D eigenvalue weighted by Gasteiger charge is 2.30. The van der Waals surface area contributed by atoms with Crippen LogP contribution in [0, 0.1) is 18.6 Å². The Morgan fingerprint density at radius 1 is 1.45 bits per heavy atom. The third kappa shape index (κ3) is 2.98. The van der Waals surface area contributed by atoms with Crippen molar-refractivity contribution in [2.75, 3.05) is 13.1 Å². The van der Waals surface area contributed by atoms with Crippen LogP contribution >= 0.6 is 0 Å². The summed E-state index contributed by atoms with van der Waals surface area (Å²) in [4.78, 5) is 11.9. The molecule has 2 unspecified atom stereocenters. The minimum Gasteiger partial charge on any atom is -0.355 e. The standard InChI is InChI=1S/C15H20F2N2O/c1-3-18-15(20)12-8-10(6-7-19-12)13-11(16)5-4-9(2)14(13)17/h4-5,10,12,19H,3,6-8H2,1-2H3,(H,18,20). The molecule has 1 aromatic rings. The van der Waals surface area contributed by atoms with E-state index in [0.29, 0.717) is 31.5 Å². The molecule has 5 heteroatoms. The van der Waals surface area contributed by atoms with Crippen molar-refractivity contribution in [3.8, 4) is 0 Å². The number of likely N-dealkylation sites (N-methyl/N-ethyl adjacent to an activating group) is 1. The molecule has 2 N–H and O–H groups in total. The van der Waals surface area contributed by atoms with Gasteiger partial charge in [0.1, 0.15) is 11.6 Å². The van der Waals surface area contributed by atoms with Crippen LogP contribution < -0.4 is 10.6 Å². The van der Waals surface area contributed by atoms with Gasteiger partial charge in [-0.25, -0.2) is 8.78 Å². The zero-order valence-electron chi connectivity index (χ0n) is 11.8. The number of hydrogen-bond acceptors (Lipinski definition) is 2. The van der Waals surface area contributed by atoms with Gasteiger partial charge in [-0.15, -0.1) is 0 Å². The highest BCUT2D eigenvalue weighted by atomic mass is 19.1. The van der Waals surface area contributed by atoms with Crippen LogP contribution in [0.5, 0.6) is 0 Å². The van der Waals surface area contributed by atoms with E-state index in [9.17, 15) is 13.6 Å². The van der Waals surface area contributed by atoms with Crippen LogP contribution in [0.4, 0.5) is 8.78 Å². The summed E-state index contributed by atoms with van der Waals surface area (Å²) in [6, 6.07) is 2.36. The smallest absolute Gasteiger partial charge is 0.237 e. The number of aryl methyl sites for hydroxylation is 1. The average molecular weight is 282 g/mol. The van der Waals surface area contributed by atoms with Crippen molar-refractivity contribution >= 4 is 5.91 Å². The van der Waals surface area contributed by atoms with Gasteiger partial charge in [-0.3, -0.25) is 4.79 Å². The fourth-order valence-corrected chi connectivity index (χ4v) is 2.73. The maximum Gasteiger partial charge on any atom is 0.237 e. The summed E-state index contributed by atoms with van der Waals surface area (Å²) in [5, 5.41) is 5.84. The molecule has 0 saturated carbocycles. The third-order valence-corrected chi connectivity index (χ3v) is 3.80. The number of benzene rings is 1. The first-order chi connectivity index (χ1) is 9.54. The summed E-state index contributed by atoms with van der Waals surface area (Å²) in [5.41, 5.74) is 0.565. The molecule has 1 heterocycles. The van der Waals surface area contributed by atoms with Crippen molar-refractivity contribution in [3.63, 3.8) is 0 Å². The molecule has 1 saturated heterocycles. The predicted molar refractivity (Wildman–Crippen MR) is 73.5 cm³/mol. The molecule has 0 bridgehead atoms. The summed E-state index contributed by atoms with van der Waals surface area (Å²) in [6.45, 7) is 4.60. The Balaban J connectivity index is 2.21. The summed E-state index contributed by atoms with van der Waals surface area (Å²) in [6.07, 6.45) is 1.05. The second-order valence-corrected chi connectivity index (χ2v) is 5.21. The van der Waals surface area contributed by atoms with Crippen molar-refractivity contribution in [2.45, 2.75) is 38.6 Å². The topological polar surface area (TPSA) is 41.1 Å². The van der Waals surface area contributed by atoms with Crippen LogP contribution in [-0.4, -0.2) is 25.0 Å². The maximum absolute atomic E-state index is 14.2. The van der Waals surface area contributed by atoms with Gasteiger partial charge in [0.05, 0.1) is 6.04 Å². The van der Waals surface area contributed by atoms with Gasteiger partial charge in [-0.05, 0) is 50.8 Å². The minimum atomic E-state index is -0.519. The van der Waals surface area contributed by atoms with Gasteiger partial charge in [0, 0.05) is 12.1 Å². The van der Waals surface area contributed by atoms with E-state index in [4.69, 9.17) is 0 Å². The summed E-state index contributed by atoms with van der Waals surface area (Å²) in [5.74, 6) is -1.37. The van der Waals surface area contributed by atoms with Crippen molar-refractivity contribution in [3.05, 3.63) is 34.9 Å². The first kappa shape index (κ1) is 14.9. The third-order valence-electron chi connectivity index (χ3n) is 3.80. The molecule has 1 aliphatic heterocycles. The number of piperidine rings is 1. The Kier molecular flexibility index (Phi) is 4.70. The Hall–Kier alpha value is -1.49. The van der Waals surface area contributed by atoms with Gasteiger partial charge in [0.25, 0.3) is 0 Å². The number of nitrogens with one attached hydrogen (secondary N) is 2. The molecule has 3 nitrogen and oxygen atoms in total. The fraction of sp³-hybridized carbons (Fsp3) is 0.533. The summed E-state index contributed by atoms with van der Waals surface area (Å²) in [7, 11) is 0. The van der Waals surface area contributed by atoms with E-state index in [2.05, 4.69) is 10.6 Å². The van der Waals surface area contributed by atoms with Gasteiger partial charge >= 0.3 is 0 Å². The molecule has 2 rings (SSSR count). The van der Waals surface area contributed by atoms with Crippen LogP contribution in [0.25, 0.3) is 0 Å². The highest BCUT2D eigenvalue weighted by Crippen LogP contribution is 2.32. The van der Waals surface area contributed by atoms with E-state index in [-0.39, 0.29) is 23.4 Å². The molecular weight excluding hydrogens is 262 g/mol. The van der Waals surface area contributed by atoms with E-state index in [0.717, 1.165) is 0 Å². The molecule has 1 aliphatic rings. The first-order valence-corrected chi connectivity index (χ1v) is 7.00. The average Bonchev–Trinajstić information content (AvgIpc) is 2.44. The van der Waals surface area contributed by atoms with E-state index < -0.39 is 11.6 Å². The van der Waals surface area contributed by atoms with Crippen LogP contribution in [0.2, 0.25) is 0 Å². The van der Waals surface area contributed by atoms with Gasteiger partial charge in [0.2, 0.25) is 5.91 Å². The second-order valence-electron chi connectivity index (χ2n) is 5.21. The van der Waals surface area contributed by atoms with Gasteiger partial charge in [-0.2, -0.15) is 0 Å². The van der Waals surface area contributed by atoms with E-state index in [1.165, 1.54) is 12.1 Å². The summed E-state index contributed by atoms with van der Waals surface area (Å²) < 4.78 is 28.1. The Bertz CT molecular complexity index is 505. The molecule has 2 atom stereocenters. The largest absolute Gasteiger partial charge is 0.355 e. The normalized spacial score (nSPS) is 22.6. The van der Waals surface area contributed by atoms with Crippen molar-refractivity contribution < 1.29 is 13.6 Å². The molecule has 0 spiro atoms. The first-order valence-electron chi connectivity index (χ1n) is 7.00. The highest BCUT2D eigenvalue weighted by molar-refractivity contribution is 5.81. The lowest BCUT2D eigenvalue weighted by Gasteiger charge is -2.30. The molecule has 1 aromatic carbocycles. The second kappa shape index (κ2) is 6.31. The number of carbonyl (C=O) groups is 1. The molecule has 110 valence electrons. The Morgan fingerprint density at radius 2 is 2.20 bits per heavy atom. The van der Waals surface area contributed by atoms with Crippen molar-refractivity contribution in [2.24, 2.45) is 0 Å². The van der Waals surface area contributed by atoms with Crippen molar-refractivity contribution in [1.82, 2.24) is 10.6 Å². The molecule has 0 radical (unpaired) electrons. The zero-order chi connectivity index (χ0) is 14.7. The van der Waals surface area contributed by atoms with Gasteiger partial charge < -0.3 is 10.6 Å².